The molecule has 3 rings (SSSR count). The van der Waals surface area contributed by atoms with Crippen LogP contribution in [-0.4, -0.2) is 25.2 Å². The molecule has 146 valence electrons. The molecule has 0 unspecified atom stereocenters. The Morgan fingerprint density at radius 2 is 1.71 bits per heavy atom. The molecule has 1 aliphatic rings. The number of carbonyl (C=O) groups excluding carboxylic acids is 2. The number of anilines is 1. The molecule has 0 aromatic heterocycles. The molecular weight excluding hydrogens is 403 g/mol. The number of nitrogens with one attached hydrogen (secondary N) is 1. The fraction of sp³-hybridized carbons (Fsp3) is 0.200. The van der Waals surface area contributed by atoms with E-state index in [9.17, 15) is 9.59 Å². The van der Waals surface area contributed by atoms with Crippen molar-refractivity contribution in [3.05, 3.63) is 57.7 Å². The molecule has 2 aromatic rings. The highest BCUT2D eigenvalue weighted by Crippen LogP contribution is 2.37. The first kappa shape index (κ1) is 20.0. The number of amides is 3. The number of rotatable bonds is 6. The van der Waals surface area contributed by atoms with Gasteiger partial charge in [0.15, 0.2) is 11.5 Å². The summed E-state index contributed by atoms with van der Waals surface area (Å²) >= 11 is 12.2. The van der Waals surface area contributed by atoms with Gasteiger partial charge in [0.1, 0.15) is 5.70 Å². The first-order chi connectivity index (χ1) is 13.4. The molecular formula is C20H18Cl2N2O4. The molecule has 1 aliphatic heterocycles. The summed E-state index contributed by atoms with van der Waals surface area (Å²) in [7, 11) is 0. The Morgan fingerprint density at radius 3 is 2.36 bits per heavy atom. The fourth-order valence-electron chi connectivity index (χ4n) is 2.75. The van der Waals surface area contributed by atoms with Crippen molar-refractivity contribution in [2.75, 3.05) is 18.1 Å². The van der Waals surface area contributed by atoms with Gasteiger partial charge in [0.05, 0.1) is 23.9 Å². The van der Waals surface area contributed by atoms with E-state index in [1.165, 1.54) is 0 Å². The third-order valence-corrected chi connectivity index (χ3v) is 4.43. The molecule has 6 nitrogen and oxygen atoms in total. The smallest absolute Gasteiger partial charge is 0.333 e. The van der Waals surface area contributed by atoms with Crippen LogP contribution in [0.15, 0.2) is 42.1 Å². The lowest BCUT2D eigenvalue weighted by molar-refractivity contribution is -0.113. The van der Waals surface area contributed by atoms with Crippen molar-refractivity contribution in [1.29, 1.82) is 0 Å². The van der Waals surface area contributed by atoms with Gasteiger partial charge in [0.25, 0.3) is 5.91 Å². The van der Waals surface area contributed by atoms with Crippen molar-refractivity contribution in [2.45, 2.75) is 13.8 Å². The van der Waals surface area contributed by atoms with Gasteiger partial charge in [-0.3, -0.25) is 4.79 Å². The van der Waals surface area contributed by atoms with E-state index in [1.807, 2.05) is 13.8 Å². The number of nitrogens with zero attached hydrogens (tertiary/aromatic N) is 1. The number of halogens is 2. The Morgan fingerprint density at radius 1 is 1.04 bits per heavy atom. The summed E-state index contributed by atoms with van der Waals surface area (Å²) in [5, 5.41) is 3.44. The molecule has 1 saturated heterocycles. The molecule has 0 atom stereocenters. The molecule has 1 fully saturated rings. The average molecular weight is 421 g/mol. The van der Waals surface area contributed by atoms with E-state index in [-0.39, 0.29) is 5.70 Å². The van der Waals surface area contributed by atoms with Gasteiger partial charge in [-0.1, -0.05) is 23.2 Å². The van der Waals surface area contributed by atoms with Crippen LogP contribution in [0.5, 0.6) is 11.5 Å². The summed E-state index contributed by atoms with van der Waals surface area (Å²) in [6.45, 7) is 4.56. The second-order valence-corrected chi connectivity index (χ2v) is 6.64. The van der Waals surface area contributed by atoms with Crippen LogP contribution in [0.25, 0.3) is 6.08 Å². The predicted octanol–water partition coefficient (Wildman–Crippen LogP) is 4.89. The second-order valence-electron chi connectivity index (χ2n) is 5.80. The molecule has 0 bridgehead atoms. The first-order valence-electron chi connectivity index (χ1n) is 8.66. The van der Waals surface area contributed by atoms with Gasteiger partial charge in [0.2, 0.25) is 0 Å². The molecule has 0 aliphatic carbocycles. The number of benzene rings is 2. The van der Waals surface area contributed by atoms with Gasteiger partial charge in [-0.05, 0) is 61.9 Å². The van der Waals surface area contributed by atoms with E-state index < -0.39 is 11.9 Å². The van der Waals surface area contributed by atoms with Crippen molar-refractivity contribution in [2.24, 2.45) is 0 Å². The Balaban J connectivity index is 1.94. The fourth-order valence-corrected chi connectivity index (χ4v) is 3.14. The maximum absolute atomic E-state index is 12.7. The maximum Gasteiger partial charge on any atom is 0.333 e. The topological polar surface area (TPSA) is 67.9 Å². The summed E-state index contributed by atoms with van der Waals surface area (Å²) in [6.07, 6.45) is 1.54. The SMILES string of the molecule is CCOc1cc(/C=C2/NC(=O)N(c3ccc(Cl)cc3)C2=O)cc(Cl)c1OCC. The third-order valence-electron chi connectivity index (χ3n) is 3.89. The third kappa shape index (κ3) is 4.08. The van der Waals surface area contributed by atoms with Gasteiger partial charge in [-0.15, -0.1) is 0 Å². The molecule has 2 aromatic carbocycles. The van der Waals surface area contributed by atoms with Crippen LogP contribution in [0.3, 0.4) is 0 Å². The molecule has 28 heavy (non-hydrogen) atoms. The van der Waals surface area contributed by atoms with Gasteiger partial charge in [-0.25, -0.2) is 9.69 Å². The van der Waals surface area contributed by atoms with Crippen molar-refractivity contribution in [1.82, 2.24) is 5.32 Å². The Hall–Kier alpha value is -2.70. The van der Waals surface area contributed by atoms with E-state index in [1.54, 1.807) is 42.5 Å². The van der Waals surface area contributed by atoms with Gasteiger partial charge >= 0.3 is 6.03 Å². The summed E-state index contributed by atoms with van der Waals surface area (Å²) in [5.74, 6) is 0.433. The highest BCUT2D eigenvalue weighted by molar-refractivity contribution is 6.33. The molecule has 8 heteroatoms. The second kappa shape index (κ2) is 8.54. The zero-order valence-corrected chi connectivity index (χ0v) is 16.8. The number of hydrogen-bond donors (Lipinski definition) is 1. The van der Waals surface area contributed by atoms with Crippen LogP contribution < -0.4 is 19.7 Å². The van der Waals surface area contributed by atoms with Crippen molar-refractivity contribution < 1.29 is 19.1 Å². The predicted molar refractivity (Wildman–Crippen MR) is 109 cm³/mol. The minimum absolute atomic E-state index is 0.127. The van der Waals surface area contributed by atoms with Crippen molar-refractivity contribution >= 4 is 46.9 Å². The highest BCUT2D eigenvalue weighted by atomic mass is 35.5. The maximum atomic E-state index is 12.7. The summed E-state index contributed by atoms with van der Waals surface area (Å²) in [5.41, 5.74) is 1.15. The summed E-state index contributed by atoms with van der Waals surface area (Å²) < 4.78 is 11.1. The number of imide groups is 1. The van der Waals surface area contributed by atoms with Crippen LogP contribution in [-0.2, 0) is 4.79 Å². The lowest BCUT2D eigenvalue weighted by atomic mass is 10.1. The summed E-state index contributed by atoms with van der Waals surface area (Å²) in [6, 6.07) is 9.23. The van der Waals surface area contributed by atoms with E-state index in [2.05, 4.69) is 5.32 Å². The lowest BCUT2D eigenvalue weighted by Crippen LogP contribution is -2.30. The number of ether oxygens (including phenoxy) is 2. The zero-order valence-electron chi connectivity index (χ0n) is 15.3. The highest BCUT2D eigenvalue weighted by Gasteiger charge is 2.34. The van der Waals surface area contributed by atoms with Crippen molar-refractivity contribution in [3.8, 4) is 11.5 Å². The van der Waals surface area contributed by atoms with E-state index in [0.29, 0.717) is 46.0 Å². The molecule has 1 heterocycles. The van der Waals surface area contributed by atoms with Crippen LogP contribution >= 0.6 is 23.2 Å². The van der Waals surface area contributed by atoms with Crippen LogP contribution in [0, 0.1) is 0 Å². The molecule has 0 saturated carbocycles. The minimum Gasteiger partial charge on any atom is -0.490 e. The van der Waals surface area contributed by atoms with Crippen molar-refractivity contribution in [3.63, 3.8) is 0 Å². The molecule has 3 amide bonds. The van der Waals surface area contributed by atoms with E-state index in [0.717, 1.165) is 4.90 Å². The Kier molecular flexibility index (Phi) is 6.11. The normalized spacial score (nSPS) is 15.1. The van der Waals surface area contributed by atoms with E-state index in [4.69, 9.17) is 32.7 Å². The lowest BCUT2D eigenvalue weighted by Gasteiger charge is -2.13. The quantitative estimate of drug-likeness (QED) is 0.533. The number of hydrogen-bond acceptors (Lipinski definition) is 4. The van der Waals surface area contributed by atoms with Crippen LogP contribution in [0.2, 0.25) is 10.0 Å². The Labute approximate surface area is 172 Å². The van der Waals surface area contributed by atoms with E-state index >= 15 is 0 Å². The molecule has 0 spiro atoms. The number of urea groups is 1. The van der Waals surface area contributed by atoms with Crippen LogP contribution in [0.4, 0.5) is 10.5 Å². The van der Waals surface area contributed by atoms with Gasteiger partial charge in [0, 0.05) is 5.02 Å². The monoisotopic (exact) mass is 420 g/mol. The Bertz CT molecular complexity index is 942. The minimum atomic E-state index is -0.541. The summed E-state index contributed by atoms with van der Waals surface area (Å²) in [4.78, 5) is 26.1. The largest absolute Gasteiger partial charge is 0.490 e. The first-order valence-corrected chi connectivity index (χ1v) is 9.42. The zero-order chi connectivity index (χ0) is 20.3. The van der Waals surface area contributed by atoms with Gasteiger partial charge in [-0.2, -0.15) is 0 Å². The molecule has 0 radical (unpaired) electrons. The van der Waals surface area contributed by atoms with Crippen LogP contribution in [0.1, 0.15) is 19.4 Å². The van der Waals surface area contributed by atoms with Gasteiger partial charge < -0.3 is 14.8 Å². The standard InChI is InChI=1S/C20H18Cl2N2O4/c1-3-27-17-11-12(9-15(22)18(17)28-4-2)10-16-19(25)24(20(26)23-16)14-7-5-13(21)6-8-14/h5-11H,3-4H2,1-2H3,(H,23,26)/b16-10+. The molecule has 1 N–H and O–H groups in total. The average Bonchev–Trinajstić information content (AvgIpc) is 2.93. The number of carbonyl (C=O) groups is 2.